The van der Waals surface area contributed by atoms with Gasteiger partial charge in [-0.3, -0.25) is 0 Å². The highest BCUT2D eigenvalue weighted by molar-refractivity contribution is 6.60. The molecule has 0 N–H and O–H groups in total. The average Bonchev–Trinajstić information content (AvgIpc) is 2.48. The van der Waals surface area contributed by atoms with Gasteiger partial charge < -0.3 is 22.8 Å². The van der Waals surface area contributed by atoms with E-state index < -0.39 is 8.80 Å². The maximum Gasteiger partial charge on any atom is 0.500 e. The maximum atomic E-state index is 5.42. The van der Waals surface area contributed by atoms with Crippen molar-refractivity contribution in [1.82, 2.24) is 0 Å². The first-order chi connectivity index (χ1) is 9.16. The Kier molecular flexibility index (Phi) is 6.30. The predicted molar refractivity (Wildman–Crippen MR) is 74.8 cm³/mol. The van der Waals surface area contributed by atoms with E-state index in [1.807, 2.05) is 18.2 Å². The second-order valence-corrected chi connectivity index (χ2v) is 7.03. The summed E-state index contributed by atoms with van der Waals surface area (Å²) in [5.74, 6) is 1.59. The Labute approximate surface area is 115 Å². The van der Waals surface area contributed by atoms with E-state index in [1.54, 1.807) is 35.5 Å². The summed E-state index contributed by atoms with van der Waals surface area (Å²) < 4.78 is 27.0. The van der Waals surface area contributed by atoms with E-state index in [-0.39, 0.29) is 0 Å². The molecule has 5 nitrogen and oxygen atoms in total. The molecule has 0 saturated carbocycles. The molecule has 0 aliphatic rings. The highest BCUT2D eigenvalue weighted by Crippen LogP contribution is 2.31. The van der Waals surface area contributed by atoms with Crippen LogP contribution in [0.25, 0.3) is 0 Å². The topological polar surface area (TPSA) is 46.2 Å². The summed E-state index contributed by atoms with van der Waals surface area (Å²) in [7, 11) is 5.54. The second kappa shape index (κ2) is 7.49. The molecule has 1 rings (SSSR count). The van der Waals surface area contributed by atoms with Crippen LogP contribution in [0.15, 0.2) is 18.2 Å². The van der Waals surface area contributed by atoms with Gasteiger partial charge in [0.15, 0.2) is 0 Å². The molecule has 0 aliphatic heterocycles. The third kappa shape index (κ3) is 3.70. The molecule has 19 heavy (non-hydrogen) atoms. The third-order valence-electron chi connectivity index (χ3n) is 3.14. The van der Waals surface area contributed by atoms with Gasteiger partial charge in [0.25, 0.3) is 0 Å². The quantitative estimate of drug-likeness (QED) is 0.685. The number of benzene rings is 1. The molecule has 0 spiro atoms. The maximum absolute atomic E-state index is 5.42. The van der Waals surface area contributed by atoms with Crippen molar-refractivity contribution in [3.63, 3.8) is 0 Å². The van der Waals surface area contributed by atoms with Gasteiger partial charge in [-0.05, 0) is 18.6 Å². The minimum Gasteiger partial charge on any atom is -0.496 e. The van der Waals surface area contributed by atoms with Crippen molar-refractivity contribution in [1.29, 1.82) is 0 Å². The SMILES string of the molecule is COc1cccc(OC)c1CC[Si](OC)(OC)OC. The molecule has 108 valence electrons. The molecule has 0 bridgehead atoms. The van der Waals surface area contributed by atoms with Crippen LogP contribution in [0.2, 0.25) is 6.04 Å². The first-order valence-corrected chi connectivity index (χ1v) is 7.94. The smallest absolute Gasteiger partial charge is 0.496 e. The largest absolute Gasteiger partial charge is 0.500 e. The van der Waals surface area contributed by atoms with E-state index in [2.05, 4.69) is 0 Å². The summed E-state index contributed by atoms with van der Waals surface area (Å²) >= 11 is 0. The monoisotopic (exact) mass is 286 g/mol. The Balaban J connectivity index is 2.92. The van der Waals surface area contributed by atoms with Gasteiger partial charge in [0.2, 0.25) is 0 Å². The standard InChI is InChI=1S/C13H22O5Si/c1-14-12-7-6-8-13(15-2)11(12)9-10-19(16-3,17-4)18-5/h6-8H,9-10H2,1-5H3. The Morgan fingerprint density at radius 2 is 1.32 bits per heavy atom. The summed E-state index contributed by atoms with van der Waals surface area (Å²) in [5.41, 5.74) is 0.996. The van der Waals surface area contributed by atoms with Crippen LogP contribution in [0.5, 0.6) is 11.5 Å². The lowest BCUT2D eigenvalue weighted by Gasteiger charge is -2.25. The summed E-state index contributed by atoms with van der Waals surface area (Å²) in [4.78, 5) is 0. The zero-order chi connectivity index (χ0) is 14.3. The number of ether oxygens (including phenoxy) is 2. The highest BCUT2D eigenvalue weighted by atomic mass is 28.4. The van der Waals surface area contributed by atoms with Gasteiger partial charge in [-0.25, -0.2) is 0 Å². The predicted octanol–water partition coefficient (Wildman–Crippen LogP) is 2.12. The van der Waals surface area contributed by atoms with E-state index in [1.165, 1.54) is 0 Å². The van der Waals surface area contributed by atoms with E-state index in [4.69, 9.17) is 22.8 Å². The van der Waals surface area contributed by atoms with Crippen molar-refractivity contribution in [3.05, 3.63) is 23.8 Å². The molecule has 1 aromatic rings. The van der Waals surface area contributed by atoms with Crippen LogP contribution in [-0.2, 0) is 19.7 Å². The molecule has 0 fully saturated rings. The zero-order valence-electron chi connectivity index (χ0n) is 12.2. The third-order valence-corrected chi connectivity index (χ3v) is 5.87. The molecule has 0 saturated heterocycles. The molecule has 0 heterocycles. The summed E-state index contributed by atoms with van der Waals surface area (Å²) in [6.45, 7) is 0. The first kappa shape index (κ1) is 16.0. The molecular formula is C13H22O5Si. The molecule has 0 radical (unpaired) electrons. The van der Waals surface area contributed by atoms with Crippen LogP contribution in [0.3, 0.4) is 0 Å². The highest BCUT2D eigenvalue weighted by Gasteiger charge is 2.37. The fourth-order valence-corrected chi connectivity index (χ4v) is 3.68. The van der Waals surface area contributed by atoms with Gasteiger partial charge >= 0.3 is 8.80 Å². The van der Waals surface area contributed by atoms with Crippen LogP contribution >= 0.6 is 0 Å². The van der Waals surface area contributed by atoms with Crippen LogP contribution in [0, 0.1) is 0 Å². The van der Waals surface area contributed by atoms with Gasteiger partial charge in [-0.15, -0.1) is 0 Å². The van der Waals surface area contributed by atoms with Gasteiger partial charge in [-0.1, -0.05) is 6.07 Å². The van der Waals surface area contributed by atoms with Gasteiger partial charge in [0.05, 0.1) is 14.2 Å². The van der Waals surface area contributed by atoms with Crippen LogP contribution in [0.4, 0.5) is 0 Å². The molecular weight excluding hydrogens is 264 g/mol. The van der Waals surface area contributed by atoms with Gasteiger partial charge in [0, 0.05) is 32.9 Å². The summed E-state index contributed by atoms with van der Waals surface area (Å²) in [6, 6.07) is 6.38. The van der Waals surface area contributed by atoms with Crippen molar-refractivity contribution in [2.75, 3.05) is 35.5 Å². The van der Waals surface area contributed by atoms with Crippen LogP contribution in [0.1, 0.15) is 5.56 Å². The lowest BCUT2D eigenvalue weighted by molar-refractivity contribution is 0.123. The van der Waals surface area contributed by atoms with Gasteiger partial charge in [0.1, 0.15) is 11.5 Å². The Morgan fingerprint density at radius 3 is 1.68 bits per heavy atom. The average molecular weight is 286 g/mol. The first-order valence-electron chi connectivity index (χ1n) is 6.01. The van der Waals surface area contributed by atoms with Crippen LogP contribution in [-0.4, -0.2) is 44.4 Å². The molecule has 0 aromatic heterocycles. The number of hydrogen-bond acceptors (Lipinski definition) is 5. The lowest BCUT2D eigenvalue weighted by Crippen LogP contribution is -2.43. The summed E-state index contributed by atoms with van der Waals surface area (Å²) in [6.07, 6.45) is 0.703. The Hall–Kier alpha value is -1.08. The van der Waals surface area contributed by atoms with E-state index >= 15 is 0 Å². The summed E-state index contributed by atoms with van der Waals surface area (Å²) in [5, 5.41) is 0. The number of methoxy groups -OCH3 is 2. The van der Waals surface area contributed by atoms with Gasteiger partial charge in [-0.2, -0.15) is 0 Å². The van der Waals surface area contributed by atoms with Crippen molar-refractivity contribution >= 4 is 8.80 Å². The van der Waals surface area contributed by atoms with E-state index in [9.17, 15) is 0 Å². The van der Waals surface area contributed by atoms with Crippen molar-refractivity contribution < 1.29 is 22.8 Å². The second-order valence-electron chi connectivity index (χ2n) is 3.94. The molecule has 0 aliphatic carbocycles. The van der Waals surface area contributed by atoms with Crippen molar-refractivity contribution in [3.8, 4) is 11.5 Å². The van der Waals surface area contributed by atoms with Crippen molar-refractivity contribution in [2.24, 2.45) is 0 Å². The minimum absolute atomic E-state index is 0.660. The molecule has 0 amide bonds. The van der Waals surface area contributed by atoms with E-state index in [0.717, 1.165) is 17.1 Å². The normalized spacial score (nSPS) is 11.4. The zero-order valence-corrected chi connectivity index (χ0v) is 13.2. The number of hydrogen-bond donors (Lipinski definition) is 0. The fraction of sp³-hybridized carbons (Fsp3) is 0.538. The Morgan fingerprint density at radius 1 is 0.842 bits per heavy atom. The van der Waals surface area contributed by atoms with E-state index in [0.29, 0.717) is 12.5 Å². The van der Waals surface area contributed by atoms with Crippen LogP contribution < -0.4 is 9.47 Å². The lowest BCUT2D eigenvalue weighted by atomic mass is 10.1. The van der Waals surface area contributed by atoms with Crippen molar-refractivity contribution in [2.45, 2.75) is 12.5 Å². The Bertz CT molecular complexity index is 362. The molecule has 0 atom stereocenters. The number of rotatable bonds is 8. The molecule has 6 heteroatoms. The molecule has 1 aromatic carbocycles. The molecule has 0 unspecified atom stereocenters. The fourth-order valence-electron chi connectivity index (χ4n) is 2.01. The minimum atomic E-state index is -2.58.